The first-order valence-corrected chi connectivity index (χ1v) is 6.25. The van der Waals surface area contributed by atoms with Crippen LogP contribution in [0.25, 0.3) is 0 Å². The van der Waals surface area contributed by atoms with E-state index in [9.17, 15) is 0 Å². The van der Waals surface area contributed by atoms with Gasteiger partial charge in [0.05, 0.1) is 11.9 Å². The Kier molecular flexibility index (Phi) is 3.52. The Morgan fingerprint density at radius 3 is 2.59 bits per heavy atom. The first-order valence-electron chi connectivity index (χ1n) is 6.25. The fraction of sp³-hybridized carbons (Fsp3) is 0.615. The highest BCUT2D eigenvalue weighted by Crippen LogP contribution is 2.33. The molecule has 1 fully saturated rings. The van der Waals surface area contributed by atoms with E-state index in [2.05, 4.69) is 29.3 Å². The molecular weight excluding hydrogens is 212 g/mol. The first-order chi connectivity index (χ1) is 8.12. The van der Waals surface area contributed by atoms with Crippen LogP contribution in [0.1, 0.15) is 25.7 Å². The van der Waals surface area contributed by atoms with Crippen LogP contribution in [0.5, 0.6) is 0 Å². The van der Waals surface area contributed by atoms with E-state index in [1.807, 2.05) is 12.1 Å². The number of anilines is 2. The summed E-state index contributed by atoms with van der Waals surface area (Å²) in [5, 5.41) is 3.43. The maximum Gasteiger partial charge on any atom is 0.126 e. The lowest BCUT2D eigenvalue weighted by Gasteiger charge is -2.36. The molecule has 1 aliphatic carbocycles. The van der Waals surface area contributed by atoms with Gasteiger partial charge in [-0.2, -0.15) is 0 Å². The van der Waals surface area contributed by atoms with Crippen molar-refractivity contribution in [1.82, 2.24) is 9.88 Å². The third kappa shape index (κ3) is 2.69. The van der Waals surface area contributed by atoms with Gasteiger partial charge in [-0.3, -0.25) is 0 Å². The molecule has 94 valence electrons. The Balaban J connectivity index is 1.98. The Morgan fingerprint density at radius 1 is 1.35 bits per heavy atom. The van der Waals surface area contributed by atoms with Crippen LogP contribution in [0.15, 0.2) is 18.3 Å². The summed E-state index contributed by atoms with van der Waals surface area (Å²) in [6.45, 7) is 0.955. The van der Waals surface area contributed by atoms with E-state index in [0.29, 0.717) is 11.2 Å². The second kappa shape index (κ2) is 4.92. The zero-order chi connectivity index (χ0) is 12.3. The van der Waals surface area contributed by atoms with Crippen molar-refractivity contribution in [1.29, 1.82) is 0 Å². The minimum Gasteiger partial charge on any atom is -0.397 e. The van der Waals surface area contributed by atoms with Crippen LogP contribution in [0, 0.1) is 0 Å². The van der Waals surface area contributed by atoms with Gasteiger partial charge in [0.2, 0.25) is 0 Å². The minimum absolute atomic E-state index is 0.295. The topological polar surface area (TPSA) is 54.2 Å². The Hall–Kier alpha value is -1.29. The molecule has 0 atom stereocenters. The molecule has 1 aliphatic rings. The fourth-order valence-electron chi connectivity index (χ4n) is 2.58. The monoisotopic (exact) mass is 234 g/mol. The molecule has 1 aromatic rings. The van der Waals surface area contributed by atoms with Crippen LogP contribution in [0.3, 0.4) is 0 Å². The molecule has 0 spiro atoms. The zero-order valence-corrected chi connectivity index (χ0v) is 10.7. The summed E-state index contributed by atoms with van der Waals surface area (Å²) in [7, 11) is 4.34. The van der Waals surface area contributed by atoms with Gasteiger partial charge in [-0.25, -0.2) is 4.98 Å². The molecule has 0 aromatic carbocycles. The number of nitrogens with one attached hydrogen (secondary N) is 1. The van der Waals surface area contributed by atoms with Gasteiger partial charge in [-0.1, -0.05) is 12.8 Å². The summed E-state index contributed by atoms with van der Waals surface area (Å²) >= 11 is 0. The lowest BCUT2D eigenvalue weighted by Crippen LogP contribution is -2.47. The quantitative estimate of drug-likeness (QED) is 0.836. The van der Waals surface area contributed by atoms with Crippen molar-refractivity contribution in [2.45, 2.75) is 31.2 Å². The van der Waals surface area contributed by atoms with Crippen molar-refractivity contribution in [3.05, 3.63) is 18.3 Å². The number of nitrogen functional groups attached to an aromatic ring is 1. The van der Waals surface area contributed by atoms with Gasteiger partial charge in [0.1, 0.15) is 5.82 Å². The molecular formula is C13H22N4. The Morgan fingerprint density at radius 2 is 2.06 bits per heavy atom. The van der Waals surface area contributed by atoms with E-state index in [-0.39, 0.29) is 0 Å². The van der Waals surface area contributed by atoms with E-state index in [1.54, 1.807) is 6.20 Å². The molecule has 1 heterocycles. The van der Waals surface area contributed by atoms with E-state index in [4.69, 9.17) is 5.73 Å². The van der Waals surface area contributed by atoms with Crippen LogP contribution >= 0.6 is 0 Å². The van der Waals surface area contributed by atoms with Gasteiger partial charge in [0, 0.05) is 12.1 Å². The highest BCUT2D eigenvalue weighted by atomic mass is 15.2. The van der Waals surface area contributed by atoms with Gasteiger partial charge < -0.3 is 16.0 Å². The number of nitrogens with zero attached hydrogens (tertiary/aromatic N) is 2. The fourth-order valence-corrected chi connectivity index (χ4v) is 2.58. The highest BCUT2D eigenvalue weighted by molar-refractivity contribution is 5.43. The minimum atomic E-state index is 0.295. The predicted octanol–water partition coefficient (Wildman–Crippen LogP) is 1.95. The molecule has 0 unspecified atom stereocenters. The van der Waals surface area contributed by atoms with Gasteiger partial charge in [0.15, 0.2) is 0 Å². The number of nitrogens with two attached hydrogens (primary N) is 1. The third-order valence-electron chi connectivity index (χ3n) is 3.87. The summed E-state index contributed by atoms with van der Waals surface area (Å²) in [6, 6.07) is 3.82. The Bertz CT molecular complexity index is 352. The largest absolute Gasteiger partial charge is 0.397 e. The lowest BCUT2D eigenvalue weighted by atomic mass is 9.96. The van der Waals surface area contributed by atoms with Crippen molar-refractivity contribution >= 4 is 11.5 Å². The third-order valence-corrected chi connectivity index (χ3v) is 3.87. The summed E-state index contributed by atoms with van der Waals surface area (Å²) in [5.41, 5.74) is 6.62. The average molecular weight is 234 g/mol. The maximum absolute atomic E-state index is 5.62. The normalized spacial score (nSPS) is 18.5. The number of likely N-dealkylation sites (N-methyl/N-ethyl adjacent to an activating group) is 1. The first kappa shape index (κ1) is 12.2. The molecule has 0 amide bonds. The molecule has 1 saturated carbocycles. The molecule has 1 aromatic heterocycles. The van der Waals surface area contributed by atoms with Gasteiger partial charge in [0.25, 0.3) is 0 Å². The molecule has 0 bridgehead atoms. The van der Waals surface area contributed by atoms with E-state index in [1.165, 1.54) is 25.7 Å². The van der Waals surface area contributed by atoms with Crippen molar-refractivity contribution < 1.29 is 0 Å². The second-order valence-electron chi connectivity index (χ2n) is 5.16. The SMILES string of the molecule is CN(C)C1(CNc2ccc(N)cn2)CCCC1. The van der Waals surface area contributed by atoms with E-state index < -0.39 is 0 Å². The molecule has 17 heavy (non-hydrogen) atoms. The van der Waals surface area contributed by atoms with Crippen molar-refractivity contribution in [2.24, 2.45) is 0 Å². The average Bonchev–Trinajstić information content (AvgIpc) is 2.78. The Labute approximate surface area is 103 Å². The van der Waals surface area contributed by atoms with Crippen LogP contribution in [0.4, 0.5) is 11.5 Å². The predicted molar refractivity (Wildman–Crippen MR) is 72.0 cm³/mol. The lowest BCUT2D eigenvalue weighted by molar-refractivity contribution is 0.172. The van der Waals surface area contributed by atoms with Crippen LogP contribution < -0.4 is 11.1 Å². The maximum atomic E-state index is 5.62. The molecule has 2 rings (SSSR count). The highest BCUT2D eigenvalue weighted by Gasteiger charge is 2.35. The summed E-state index contributed by atoms with van der Waals surface area (Å²) < 4.78 is 0. The van der Waals surface area contributed by atoms with E-state index in [0.717, 1.165) is 12.4 Å². The van der Waals surface area contributed by atoms with Gasteiger partial charge in [-0.15, -0.1) is 0 Å². The molecule has 4 nitrogen and oxygen atoms in total. The second-order valence-corrected chi connectivity index (χ2v) is 5.16. The number of hydrogen-bond donors (Lipinski definition) is 2. The molecule has 3 N–H and O–H groups in total. The van der Waals surface area contributed by atoms with Gasteiger partial charge >= 0.3 is 0 Å². The van der Waals surface area contributed by atoms with Crippen molar-refractivity contribution in [2.75, 3.05) is 31.7 Å². The standard InChI is InChI=1S/C13H22N4/c1-17(2)13(7-3-4-8-13)10-16-12-6-5-11(14)9-15-12/h5-6,9H,3-4,7-8,10,14H2,1-2H3,(H,15,16). The molecule has 0 radical (unpaired) electrons. The van der Waals surface area contributed by atoms with Crippen LogP contribution in [-0.2, 0) is 0 Å². The summed E-state index contributed by atoms with van der Waals surface area (Å²) in [5.74, 6) is 0.910. The van der Waals surface area contributed by atoms with Crippen molar-refractivity contribution in [3.63, 3.8) is 0 Å². The smallest absolute Gasteiger partial charge is 0.126 e. The summed E-state index contributed by atoms with van der Waals surface area (Å²) in [4.78, 5) is 6.63. The zero-order valence-electron chi connectivity index (χ0n) is 10.7. The van der Waals surface area contributed by atoms with Crippen LogP contribution in [0.2, 0.25) is 0 Å². The summed E-state index contributed by atoms with van der Waals surface area (Å²) in [6.07, 6.45) is 6.88. The van der Waals surface area contributed by atoms with E-state index >= 15 is 0 Å². The number of hydrogen-bond acceptors (Lipinski definition) is 4. The number of pyridine rings is 1. The molecule has 0 saturated heterocycles. The van der Waals surface area contributed by atoms with Crippen molar-refractivity contribution in [3.8, 4) is 0 Å². The number of aromatic nitrogens is 1. The molecule has 4 heteroatoms. The molecule has 0 aliphatic heterocycles. The van der Waals surface area contributed by atoms with Gasteiger partial charge in [-0.05, 0) is 39.1 Å². The number of rotatable bonds is 4. The van der Waals surface area contributed by atoms with Crippen LogP contribution in [-0.4, -0.2) is 36.1 Å².